The Labute approximate surface area is 127 Å². The summed E-state index contributed by atoms with van der Waals surface area (Å²) in [5, 5.41) is 3.51. The first kappa shape index (κ1) is 13.7. The highest BCUT2D eigenvalue weighted by Crippen LogP contribution is 2.39. The lowest BCUT2D eigenvalue weighted by Gasteiger charge is -2.14. The maximum absolute atomic E-state index is 3.51. The van der Waals surface area contributed by atoms with Gasteiger partial charge in [-0.2, -0.15) is 11.8 Å². The third-order valence-electron chi connectivity index (χ3n) is 3.56. The highest BCUT2D eigenvalue weighted by molar-refractivity contribution is 7.98. The average molecular weight is 310 g/mol. The van der Waals surface area contributed by atoms with Gasteiger partial charge in [-0.05, 0) is 56.3 Å². The molecule has 4 heteroatoms. The fourth-order valence-corrected chi connectivity index (χ4v) is 6.40. The molecule has 0 aromatic carbocycles. The molecule has 2 aromatic heterocycles. The van der Waals surface area contributed by atoms with E-state index in [0.717, 1.165) is 0 Å². The van der Waals surface area contributed by atoms with E-state index in [1.54, 1.807) is 10.4 Å². The second-order valence-electron chi connectivity index (χ2n) is 5.03. The van der Waals surface area contributed by atoms with Crippen LogP contribution in [-0.4, -0.2) is 12.8 Å². The van der Waals surface area contributed by atoms with Gasteiger partial charge >= 0.3 is 0 Å². The molecule has 0 aliphatic carbocycles. The normalized spacial score (nSPS) is 16.4. The molecular formula is C15H19NS3. The van der Waals surface area contributed by atoms with Crippen LogP contribution in [0, 0.1) is 13.8 Å². The van der Waals surface area contributed by atoms with Gasteiger partial charge in [0.15, 0.2) is 0 Å². The number of thiophene rings is 2. The number of nitrogens with one attached hydrogen (secondary N) is 1. The molecule has 3 heterocycles. The van der Waals surface area contributed by atoms with E-state index in [0.29, 0.717) is 6.04 Å². The standard InChI is InChI=1S/C15H19NS3/c1-9-6-10(2)18-15(9)14(16-3)13-7-11-8-17-5-4-12(11)19-13/h6-7,14,16H,4-5,8H2,1-3H3. The topological polar surface area (TPSA) is 12.0 Å². The summed E-state index contributed by atoms with van der Waals surface area (Å²) < 4.78 is 0. The van der Waals surface area contributed by atoms with Crippen LogP contribution in [0.15, 0.2) is 12.1 Å². The molecule has 2 aromatic rings. The van der Waals surface area contributed by atoms with Crippen LogP contribution in [0.25, 0.3) is 0 Å². The molecule has 0 spiro atoms. The third kappa shape index (κ3) is 2.64. The van der Waals surface area contributed by atoms with Crippen LogP contribution in [0.5, 0.6) is 0 Å². The highest BCUT2D eigenvalue weighted by atomic mass is 32.2. The summed E-state index contributed by atoms with van der Waals surface area (Å²) >= 11 is 6.00. The van der Waals surface area contributed by atoms with E-state index in [9.17, 15) is 0 Å². The molecule has 1 N–H and O–H groups in total. The largest absolute Gasteiger partial charge is 0.308 e. The quantitative estimate of drug-likeness (QED) is 0.894. The minimum absolute atomic E-state index is 0.374. The molecule has 1 aliphatic rings. The van der Waals surface area contributed by atoms with Crippen molar-refractivity contribution in [1.82, 2.24) is 5.32 Å². The molecule has 0 saturated heterocycles. The third-order valence-corrected chi connectivity index (χ3v) is 7.09. The van der Waals surface area contributed by atoms with Crippen molar-refractivity contribution in [2.24, 2.45) is 0 Å². The van der Waals surface area contributed by atoms with Gasteiger partial charge in [0.1, 0.15) is 0 Å². The second kappa shape index (κ2) is 5.60. The van der Waals surface area contributed by atoms with Crippen molar-refractivity contribution in [2.45, 2.75) is 32.1 Å². The monoisotopic (exact) mass is 309 g/mol. The zero-order valence-corrected chi connectivity index (χ0v) is 14.0. The molecule has 0 fully saturated rings. The minimum Gasteiger partial charge on any atom is -0.308 e. The molecule has 0 amide bonds. The molecule has 0 saturated carbocycles. The molecule has 1 aliphatic heterocycles. The molecule has 1 unspecified atom stereocenters. The van der Waals surface area contributed by atoms with E-state index in [1.165, 1.54) is 38.1 Å². The first-order chi connectivity index (χ1) is 9.19. The van der Waals surface area contributed by atoms with E-state index < -0.39 is 0 Å². The summed E-state index contributed by atoms with van der Waals surface area (Å²) in [4.78, 5) is 5.98. The number of thioether (sulfide) groups is 1. The van der Waals surface area contributed by atoms with Gasteiger partial charge in [-0.15, -0.1) is 22.7 Å². The van der Waals surface area contributed by atoms with E-state index in [2.05, 4.69) is 50.1 Å². The van der Waals surface area contributed by atoms with Crippen molar-refractivity contribution in [1.29, 1.82) is 0 Å². The van der Waals surface area contributed by atoms with Crippen LogP contribution in [0.3, 0.4) is 0 Å². The highest BCUT2D eigenvalue weighted by Gasteiger charge is 2.22. The van der Waals surface area contributed by atoms with Gasteiger partial charge < -0.3 is 5.32 Å². The number of rotatable bonds is 3. The fraction of sp³-hybridized carbons (Fsp3) is 0.467. The SMILES string of the molecule is CNC(c1cc2c(s1)CCSC2)c1sc(C)cc1C. The van der Waals surface area contributed by atoms with Gasteiger partial charge in [0, 0.05) is 25.3 Å². The Bertz CT molecular complexity index is 559. The van der Waals surface area contributed by atoms with Crippen LogP contribution >= 0.6 is 34.4 Å². The molecule has 3 rings (SSSR count). The summed E-state index contributed by atoms with van der Waals surface area (Å²) in [5.74, 6) is 2.49. The van der Waals surface area contributed by atoms with Gasteiger partial charge in [-0.3, -0.25) is 0 Å². The van der Waals surface area contributed by atoms with E-state index in [-0.39, 0.29) is 0 Å². The lowest BCUT2D eigenvalue weighted by Crippen LogP contribution is -2.16. The fourth-order valence-electron chi connectivity index (χ4n) is 2.66. The zero-order chi connectivity index (χ0) is 13.4. The summed E-state index contributed by atoms with van der Waals surface area (Å²) in [5.41, 5.74) is 2.99. The van der Waals surface area contributed by atoms with Crippen molar-refractivity contribution in [3.63, 3.8) is 0 Å². The maximum atomic E-state index is 3.51. The van der Waals surface area contributed by atoms with E-state index >= 15 is 0 Å². The Kier molecular flexibility index (Phi) is 4.03. The second-order valence-corrected chi connectivity index (χ2v) is 8.59. The predicted molar refractivity (Wildman–Crippen MR) is 88.9 cm³/mol. The van der Waals surface area contributed by atoms with Crippen molar-refractivity contribution >= 4 is 34.4 Å². The van der Waals surface area contributed by atoms with Crippen LogP contribution in [-0.2, 0) is 12.2 Å². The Hall–Kier alpha value is -0.290. The number of aryl methyl sites for hydroxylation is 3. The van der Waals surface area contributed by atoms with E-state index in [4.69, 9.17) is 0 Å². The Morgan fingerprint density at radius 1 is 1.21 bits per heavy atom. The van der Waals surface area contributed by atoms with Gasteiger partial charge in [0.05, 0.1) is 6.04 Å². The van der Waals surface area contributed by atoms with Crippen molar-refractivity contribution in [3.05, 3.63) is 42.8 Å². The molecule has 1 atom stereocenters. The molecule has 1 nitrogen and oxygen atoms in total. The summed E-state index contributed by atoms with van der Waals surface area (Å²) in [6, 6.07) is 5.11. The number of hydrogen-bond acceptors (Lipinski definition) is 4. The van der Waals surface area contributed by atoms with Crippen molar-refractivity contribution < 1.29 is 0 Å². The average Bonchev–Trinajstić information content (AvgIpc) is 2.94. The van der Waals surface area contributed by atoms with Gasteiger partial charge in [0.2, 0.25) is 0 Å². The summed E-state index contributed by atoms with van der Waals surface area (Å²) in [6.45, 7) is 4.43. The lowest BCUT2D eigenvalue weighted by atomic mass is 10.1. The molecular weight excluding hydrogens is 290 g/mol. The Morgan fingerprint density at radius 2 is 2.05 bits per heavy atom. The number of hydrogen-bond donors (Lipinski definition) is 1. The lowest BCUT2D eigenvalue weighted by molar-refractivity contribution is 0.712. The zero-order valence-electron chi connectivity index (χ0n) is 11.6. The molecule has 102 valence electrons. The minimum atomic E-state index is 0.374. The Balaban J connectivity index is 1.98. The van der Waals surface area contributed by atoms with Crippen LogP contribution in [0.4, 0.5) is 0 Å². The molecule has 0 bridgehead atoms. The number of fused-ring (bicyclic) bond motifs is 1. The van der Waals surface area contributed by atoms with Crippen molar-refractivity contribution in [2.75, 3.05) is 12.8 Å². The molecule has 0 radical (unpaired) electrons. The van der Waals surface area contributed by atoms with Gasteiger partial charge in [0.25, 0.3) is 0 Å². The smallest absolute Gasteiger partial charge is 0.0765 e. The van der Waals surface area contributed by atoms with Crippen LogP contribution in [0.2, 0.25) is 0 Å². The summed E-state index contributed by atoms with van der Waals surface area (Å²) in [7, 11) is 2.08. The van der Waals surface area contributed by atoms with Crippen molar-refractivity contribution in [3.8, 4) is 0 Å². The van der Waals surface area contributed by atoms with Crippen LogP contribution < -0.4 is 5.32 Å². The maximum Gasteiger partial charge on any atom is 0.0765 e. The first-order valence-corrected chi connectivity index (χ1v) is 9.41. The summed E-state index contributed by atoms with van der Waals surface area (Å²) in [6.07, 6.45) is 1.25. The first-order valence-electron chi connectivity index (χ1n) is 6.62. The van der Waals surface area contributed by atoms with Gasteiger partial charge in [-0.1, -0.05) is 0 Å². The van der Waals surface area contributed by atoms with E-state index in [1.807, 2.05) is 22.7 Å². The van der Waals surface area contributed by atoms with Crippen LogP contribution in [0.1, 0.15) is 36.7 Å². The predicted octanol–water partition coefficient (Wildman–Crippen LogP) is 4.52. The molecule has 19 heavy (non-hydrogen) atoms. The Morgan fingerprint density at radius 3 is 2.68 bits per heavy atom. The van der Waals surface area contributed by atoms with Gasteiger partial charge in [-0.25, -0.2) is 0 Å².